The van der Waals surface area contributed by atoms with Crippen LogP contribution in [0.4, 0.5) is 0 Å². The zero-order valence-corrected chi connectivity index (χ0v) is 14.4. The minimum atomic E-state index is 0.916. The third kappa shape index (κ3) is 2.70. The molecule has 3 heteroatoms. The Bertz CT molecular complexity index is 738. The number of H-pyrrole nitrogens is 1. The van der Waals surface area contributed by atoms with Crippen LogP contribution in [-0.2, 0) is 6.54 Å². The highest BCUT2D eigenvalue weighted by atomic mass is 15.3. The van der Waals surface area contributed by atoms with Crippen molar-refractivity contribution < 1.29 is 9.80 Å². The molecule has 2 heterocycles. The molecule has 2 fully saturated rings. The van der Waals surface area contributed by atoms with Crippen molar-refractivity contribution in [1.29, 1.82) is 0 Å². The van der Waals surface area contributed by atoms with Gasteiger partial charge in [-0.05, 0) is 30.7 Å². The maximum Gasteiger partial charge on any atom is 0.127 e. The third-order valence-corrected chi connectivity index (χ3v) is 6.75. The van der Waals surface area contributed by atoms with Gasteiger partial charge in [0.1, 0.15) is 32.7 Å². The molecule has 24 heavy (non-hydrogen) atoms. The highest BCUT2D eigenvalue weighted by Crippen LogP contribution is 2.42. The van der Waals surface area contributed by atoms with Crippen LogP contribution >= 0.6 is 0 Å². The maximum absolute atomic E-state index is 3.43. The van der Waals surface area contributed by atoms with E-state index >= 15 is 0 Å². The summed E-state index contributed by atoms with van der Waals surface area (Å²) in [7, 11) is 0. The Morgan fingerprint density at radius 3 is 2.58 bits per heavy atom. The van der Waals surface area contributed by atoms with Crippen LogP contribution in [0, 0.1) is 17.8 Å². The molecule has 2 aromatic rings. The molecule has 126 valence electrons. The van der Waals surface area contributed by atoms with Crippen molar-refractivity contribution in [3.8, 4) is 0 Å². The summed E-state index contributed by atoms with van der Waals surface area (Å²) in [4.78, 5) is 7.05. The molecule has 1 aliphatic heterocycles. The van der Waals surface area contributed by atoms with E-state index in [0.717, 1.165) is 17.8 Å². The van der Waals surface area contributed by atoms with Gasteiger partial charge in [0, 0.05) is 28.6 Å². The molecule has 1 saturated heterocycles. The number of aromatic amines is 1. The maximum atomic E-state index is 3.43. The van der Waals surface area contributed by atoms with Crippen molar-refractivity contribution in [2.75, 3.05) is 32.7 Å². The molecule has 0 amide bonds. The average Bonchev–Trinajstić information content (AvgIpc) is 3.33. The largest absolute Gasteiger partial charge is 0.361 e. The van der Waals surface area contributed by atoms with Crippen LogP contribution in [0.3, 0.4) is 0 Å². The highest BCUT2D eigenvalue weighted by molar-refractivity contribution is 5.82. The fourth-order valence-corrected chi connectivity index (χ4v) is 5.39. The summed E-state index contributed by atoms with van der Waals surface area (Å²) in [6, 6.07) is 8.70. The molecule has 3 aliphatic rings. The van der Waals surface area contributed by atoms with Gasteiger partial charge in [-0.15, -0.1) is 0 Å². The Balaban J connectivity index is 1.16. The van der Waals surface area contributed by atoms with Crippen LogP contribution < -0.4 is 9.80 Å². The molecule has 0 unspecified atom stereocenters. The number of benzene rings is 1. The first-order valence-electron chi connectivity index (χ1n) is 9.75. The monoisotopic (exact) mass is 323 g/mol. The summed E-state index contributed by atoms with van der Waals surface area (Å²) < 4.78 is 0. The minimum absolute atomic E-state index is 0.916. The van der Waals surface area contributed by atoms with E-state index in [4.69, 9.17) is 0 Å². The number of nitrogens with one attached hydrogen (secondary N) is 3. The number of fused-ring (bicyclic) bond motifs is 3. The minimum Gasteiger partial charge on any atom is -0.361 e. The standard InChI is InChI=1S/C21H27N3/c1-2-4-21-20(3-1)19(13-22-21)15-24-9-7-23(8-10-24)14-18-12-16-5-6-17(18)11-16/h1-6,13,16-18,22H,7-12,14-15H2/p+2/t16-,17+,18-/m1/s1. The Hall–Kier alpha value is -1.58. The van der Waals surface area contributed by atoms with E-state index in [-0.39, 0.29) is 0 Å². The van der Waals surface area contributed by atoms with Crippen LogP contribution in [0.5, 0.6) is 0 Å². The molecule has 0 radical (unpaired) electrons. The van der Waals surface area contributed by atoms with E-state index in [2.05, 4.69) is 47.6 Å². The van der Waals surface area contributed by atoms with E-state index < -0.39 is 0 Å². The fraction of sp³-hybridized carbons (Fsp3) is 0.524. The van der Waals surface area contributed by atoms with Crippen LogP contribution in [-0.4, -0.2) is 37.7 Å². The van der Waals surface area contributed by atoms with Crippen molar-refractivity contribution in [2.45, 2.75) is 19.4 Å². The third-order valence-electron chi connectivity index (χ3n) is 6.75. The number of hydrogen-bond donors (Lipinski definition) is 3. The molecular weight excluding hydrogens is 294 g/mol. The lowest BCUT2D eigenvalue weighted by Crippen LogP contribution is -3.27. The molecular formula is C21H29N3+2. The van der Waals surface area contributed by atoms with E-state index in [0.29, 0.717) is 0 Å². The summed E-state index contributed by atoms with van der Waals surface area (Å²) in [5.41, 5.74) is 2.77. The van der Waals surface area contributed by atoms with Crippen molar-refractivity contribution in [1.82, 2.24) is 4.98 Å². The second kappa shape index (κ2) is 6.05. The zero-order chi connectivity index (χ0) is 15.9. The predicted octanol–water partition coefficient (Wildman–Crippen LogP) is 0.664. The number of para-hydroxylation sites is 1. The molecule has 2 aliphatic carbocycles. The van der Waals surface area contributed by atoms with E-state index in [1.807, 2.05) is 4.90 Å². The first-order chi connectivity index (χ1) is 11.8. The van der Waals surface area contributed by atoms with Crippen LogP contribution in [0.15, 0.2) is 42.6 Å². The summed E-state index contributed by atoms with van der Waals surface area (Å²) in [6.07, 6.45) is 10.1. The Morgan fingerprint density at radius 1 is 0.958 bits per heavy atom. The Labute approximate surface area is 144 Å². The van der Waals surface area contributed by atoms with Gasteiger partial charge in [0.15, 0.2) is 0 Å². The number of hydrogen-bond acceptors (Lipinski definition) is 0. The topological polar surface area (TPSA) is 24.7 Å². The summed E-state index contributed by atoms with van der Waals surface area (Å²) in [5, 5.41) is 1.41. The SMILES string of the molecule is C1=C[C@H]2C[C@@H]1C[C@@H]2C[NH+]1CC[NH+](Cc2c[nH]c3ccccc23)CC1. The normalized spacial score (nSPS) is 35.1. The molecule has 3 nitrogen and oxygen atoms in total. The molecule has 3 N–H and O–H groups in total. The summed E-state index contributed by atoms with van der Waals surface area (Å²) in [6.45, 7) is 7.96. The molecule has 1 aromatic carbocycles. The highest BCUT2D eigenvalue weighted by Gasteiger charge is 2.38. The van der Waals surface area contributed by atoms with Gasteiger partial charge in [-0.1, -0.05) is 30.4 Å². The smallest absolute Gasteiger partial charge is 0.127 e. The van der Waals surface area contributed by atoms with E-state index in [1.165, 1.54) is 68.6 Å². The molecule has 2 bridgehead atoms. The van der Waals surface area contributed by atoms with Crippen molar-refractivity contribution in [3.05, 3.63) is 48.2 Å². The van der Waals surface area contributed by atoms with Crippen molar-refractivity contribution in [2.24, 2.45) is 17.8 Å². The van der Waals surface area contributed by atoms with Gasteiger partial charge in [0.25, 0.3) is 0 Å². The second-order valence-electron chi connectivity index (χ2n) is 8.28. The van der Waals surface area contributed by atoms with Gasteiger partial charge >= 0.3 is 0 Å². The number of piperazine rings is 1. The lowest BCUT2D eigenvalue weighted by molar-refractivity contribution is -1.02. The number of allylic oxidation sites excluding steroid dienone is 2. The van der Waals surface area contributed by atoms with Gasteiger partial charge in [-0.3, -0.25) is 0 Å². The predicted molar refractivity (Wildman–Crippen MR) is 97.1 cm³/mol. The van der Waals surface area contributed by atoms with Gasteiger partial charge < -0.3 is 14.8 Å². The van der Waals surface area contributed by atoms with Crippen LogP contribution in [0.25, 0.3) is 10.9 Å². The zero-order valence-electron chi connectivity index (χ0n) is 14.4. The summed E-state index contributed by atoms with van der Waals surface area (Å²) in [5.74, 6) is 2.82. The molecule has 1 saturated carbocycles. The lowest BCUT2D eigenvalue weighted by Gasteiger charge is -2.32. The van der Waals surface area contributed by atoms with Gasteiger partial charge in [0.05, 0.1) is 6.54 Å². The number of aromatic nitrogens is 1. The van der Waals surface area contributed by atoms with Crippen molar-refractivity contribution >= 4 is 10.9 Å². The summed E-state index contributed by atoms with van der Waals surface area (Å²) >= 11 is 0. The number of quaternary nitrogens is 2. The Kier molecular flexibility index (Phi) is 3.72. The molecule has 0 spiro atoms. The van der Waals surface area contributed by atoms with E-state index in [9.17, 15) is 0 Å². The van der Waals surface area contributed by atoms with Crippen LogP contribution in [0.1, 0.15) is 18.4 Å². The van der Waals surface area contributed by atoms with Gasteiger partial charge in [-0.25, -0.2) is 0 Å². The first-order valence-corrected chi connectivity index (χ1v) is 9.75. The Morgan fingerprint density at radius 2 is 1.79 bits per heavy atom. The number of rotatable bonds is 4. The van der Waals surface area contributed by atoms with Gasteiger partial charge in [0.2, 0.25) is 0 Å². The van der Waals surface area contributed by atoms with Crippen LogP contribution in [0.2, 0.25) is 0 Å². The average molecular weight is 323 g/mol. The molecule has 1 aromatic heterocycles. The fourth-order valence-electron chi connectivity index (χ4n) is 5.39. The first kappa shape index (κ1) is 14.7. The van der Waals surface area contributed by atoms with Crippen molar-refractivity contribution in [3.63, 3.8) is 0 Å². The quantitative estimate of drug-likeness (QED) is 0.689. The molecule has 5 rings (SSSR count). The van der Waals surface area contributed by atoms with Gasteiger partial charge in [-0.2, -0.15) is 0 Å². The van der Waals surface area contributed by atoms with E-state index in [1.54, 1.807) is 4.90 Å². The lowest BCUT2D eigenvalue weighted by atomic mass is 9.93. The second-order valence-corrected chi connectivity index (χ2v) is 8.28. The molecule has 3 atom stereocenters.